The Labute approximate surface area is 163 Å². The molecule has 0 saturated carbocycles. The summed E-state index contributed by atoms with van der Waals surface area (Å²) < 4.78 is 11.0. The van der Waals surface area contributed by atoms with E-state index in [1.807, 2.05) is 12.2 Å². The number of Topliss-reactive ketones (excluding diaryl/α,β-unsaturated/α-hetero) is 1. The molecule has 2 atom stereocenters. The number of benzene rings is 2. The van der Waals surface area contributed by atoms with E-state index < -0.39 is 11.8 Å². The lowest BCUT2D eigenvalue weighted by molar-refractivity contribution is -0.121. The molecule has 2 aliphatic heterocycles. The summed E-state index contributed by atoms with van der Waals surface area (Å²) >= 11 is 0. The van der Waals surface area contributed by atoms with Crippen molar-refractivity contribution in [1.29, 1.82) is 0 Å². The van der Waals surface area contributed by atoms with Gasteiger partial charge in [-0.15, -0.1) is 0 Å². The van der Waals surface area contributed by atoms with Gasteiger partial charge in [-0.1, -0.05) is 26.0 Å². The van der Waals surface area contributed by atoms with Gasteiger partial charge < -0.3 is 19.7 Å². The Kier molecular flexibility index (Phi) is 4.59. The molecule has 0 fully saturated rings. The highest BCUT2D eigenvalue weighted by Crippen LogP contribution is 2.42. The third-order valence-electron chi connectivity index (χ3n) is 5.44. The van der Waals surface area contributed by atoms with Gasteiger partial charge in [0.05, 0.1) is 11.1 Å². The number of carbonyl (C=O) groups is 1. The van der Waals surface area contributed by atoms with Crippen LogP contribution in [0.1, 0.15) is 47.9 Å². The summed E-state index contributed by atoms with van der Waals surface area (Å²) in [6.45, 7) is 4.47. The third-order valence-corrected chi connectivity index (χ3v) is 5.44. The first-order chi connectivity index (χ1) is 13.5. The zero-order valence-corrected chi connectivity index (χ0v) is 15.8. The van der Waals surface area contributed by atoms with Gasteiger partial charge in [0.1, 0.15) is 42.0 Å². The molecule has 0 spiro atoms. The summed E-state index contributed by atoms with van der Waals surface area (Å²) in [5, 5.41) is 21.3. The summed E-state index contributed by atoms with van der Waals surface area (Å²) in [6, 6.07) is 7.01. The van der Waals surface area contributed by atoms with E-state index in [0.717, 1.165) is 0 Å². The van der Waals surface area contributed by atoms with Crippen molar-refractivity contribution < 1.29 is 24.5 Å². The first-order valence-electron chi connectivity index (χ1n) is 9.33. The minimum Gasteiger partial charge on any atom is -0.507 e. The topological polar surface area (TPSA) is 76.0 Å². The van der Waals surface area contributed by atoms with Crippen LogP contribution in [0.4, 0.5) is 0 Å². The molecule has 2 heterocycles. The van der Waals surface area contributed by atoms with E-state index in [9.17, 15) is 15.0 Å². The molecule has 5 nitrogen and oxygen atoms in total. The van der Waals surface area contributed by atoms with Gasteiger partial charge in [0.25, 0.3) is 0 Å². The van der Waals surface area contributed by atoms with Crippen molar-refractivity contribution in [3.05, 3.63) is 58.7 Å². The maximum Gasteiger partial charge on any atom is 0.147 e. The van der Waals surface area contributed by atoms with E-state index >= 15 is 0 Å². The second-order valence-corrected chi connectivity index (χ2v) is 7.10. The van der Waals surface area contributed by atoms with Crippen LogP contribution in [-0.4, -0.2) is 29.2 Å². The van der Waals surface area contributed by atoms with E-state index in [-0.39, 0.29) is 17.3 Å². The second-order valence-electron chi connectivity index (χ2n) is 7.10. The van der Waals surface area contributed by atoms with Crippen molar-refractivity contribution in [3.63, 3.8) is 0 Å². The lowest BCUT2D eigenvalue weighted by Gasteiger charge is -2.23. The maximum atomic E-state index is 13.2. The molecule has 2 aromatic rings. The molecule has 0 aliphatic carbocycles. The van der Waals surface area contributed by atoms with E-state index in [4.69, 9.17) is 9.47 Å². The van der Waals surface area contributed by atoms with Gasteiger partial charge in [0, 0.05) is 23.0 Å². The average Bonchev–Trinajstić information content (AvgIpc) is 2.73. The summed E-state index contributed by atoms with van der Waals surface area (Å²) in [4.78, 5) is 13.2. The van der Waals surface area contributed by atoms with Crippen LogP contribution in [0.2, 0.25) is 0 Å². The number of rotatable bonds is 4. The monoisotopic (exact) mass is 378 g/mol. The number of carbonyl (C=O) groups excluding carboxylic acids is 1. The molecule has 2 aromatic carbocycles. The maximum absolute atomic E-state index is 13.2. The van der Waals surface area contributed by atoms with Crippen LogP contribution in [-0.2, 0) is 4.79 Å². The normalized spacial score (nSPS) is 16.4. The smallest absolute Gasteiger partial charge is 0.147 e. The van der Waals surface area contributed by atoms with Gasteiger partial charge in [-0.25, -0.2) is 0 Å². The molecule has 2 unspecified atom stereocenters. The van der Waals surface area contributed by atoms with E-state index in [2.05, 4.69) is 0 Å². The number of aromatic hydroxyl groups is 2. The SMILES string of the molecule is CC(C(=O)C(C)c1ccc2c(c1O)C=CCO2)c1ccc2c(c1O)C=CCO2. The highest BCUT2D eigenvalue weighted by atomic mass is 16.5. The number of ketones is 1. The van der Waals surface area contributed by atoms with Crippen molar-refractivity contribution in [3.8, 4) is 23.0 Å². The molecule has 28 heavy (non-hydrogen) atoms. The Bertz CT molecular complexity index is 923. The number of hydrogen-bond donors (Lipinski definition) is 2. The second kappa shape index (κ2) is 7.08. The molecule has 0 bridgehead atoms. The highest BCUT2D eigenvalue weighted by Gasteiger charge is 2.29. The van der Waals surface area contributed by atoms with E-state index in [1.165, 1.54) is 0 Å². The Balaban J connectivity index is 1.65. The molecular weight excluding hydrogens is 356 g/mol. The molecule has 144 valence electrons. The molecule has 0 aromatic heterocycles. The van der Waals surface area contributed by atoms with Gasteiger partial charge >= 0.3 is 0 Å². The van der Waals surface area contributed by atoms with Crippen molar-refractivity contribution in [2.45, 2.75) is 25.7 Å². The first-order valence-corrected chi connectivity index (χ1v) is 9.33. The van der Waals surface area contributed by atoms with Crippen LogP contribution < -0.4 is 9.47 Å². The van der Waals surface area contributed by atoms with Gasteiger partial charge in [-0.05, 0) is 36.4 Å². The van der Waals surface area contributed by atoms with Crippen LogP contribution in [0.15, 0.2) is 36.4 Å². The Hall–Kier alpha value is -3.21. The zero-order valence-electron chi connectivity index (χ0n) is 15.8. The summed E-state index contributed by atoms with van der Waals surface area (Å²) in [6.07, 6.45) is 7.25. The quantitative estimate of drug-likeness (QED) is 0.825. The van der Waals surface area contributed by atoms with Crippen LogP contribution in [0, 0.1) is 0 Å². The number of phenolic OH excluding ortho intramolecular Hbond substituents is 2. The lowest BCUT2D eigenvalue weighted by atomic mass is 9.83. The van der Waals surface area contributed by atoms with Crippen LogP contribution in [0.25, 0.3) is 12.2 Å². The first kappa shape index (κ1) is 18.2. The highest BCUT2D eigenvalue weighted by molar-refractivity contribution is 5.93. The number of fused-ring (bicyclic) bond motifs is 2. The Morgan fingerprint density at radius 1 is 0.821 bits per heavy atom. The third kappa shape index (κ3) is 2.93. The predicted molar refractivity (Wildman–Crippen MR) is 107 cm³/mol. The Morgan fingerprint density at radius 2 is 1.25 bits per heavy atom. The summed E-state index contributed by atoms with van der Waals surface area (Å²) in [5.41, 5.74) is 2.28. The standard InChI is InChI=1S/C23H22O5/c1-13(15-7-9-19-17(22(15)25)5-3-11-27-19)21(24)14(2)16-8-10-20-18(23(16)26)6-4-12-28-20/h3-10,13-14,25-26H,11-12H2,1-2H3. The van der Waals surface area contributed by atoms with Gasteiger partial charge in [-0.3, -0.25) is 4.79 Å². The van der Waals surface area contributed by atoms with Crippen LogP contribution in [0.3, 0.4) is 0 Å². The molecule has 2 aliphatic rings. The van der Waals surface area contributed by atoms with E-state index in [0.29, 0.717) is 47.0 Å². The van der Waals surface area contributed by atoms with Crippen molar-refractivity contribution >= 4 is 17.9 Å². The fraction of sp³-hybridized carbons (Fsp3) is 0.261. The minimum atomic E-state index is -0.544. The molecule has 0 amide bonds. The largest absolute Gasteiger partial charge is 0.507 e. The van der Waals surface area contributed by atoms with E-state index in [1.54, 1.807) is 50.3 Å². The average molecular weight is 378 g/mol. The number of ether oxygens (including phenoxy) is 2. The molecule has 5 heteroatoms. The molecule has 0 radical (unpaired) electrons. The van der Waals surface area contributed by atoms with Crippen molar-refractivity contribution in [2.24, 2.45) is 0 Å². The van der Waals surface area contributed by atoms with Gasteiger partial charge in [0.2, 0.25) is 0 Å². The van der Waals surface area contributed by atoms with Crippen LogP contribution >= 0.6 is 0 Å². The van der Waals surface area contributed by atoms with Crippen molar-refractivity contribution in [1.82, 2.24) is 0 Å². The summed E-state index contributed by atoms with van der Waals surface area (Å²) in [7, 11) is 0. The predicted octanol–water partition coefficient (Wildman–Crippen LogP) is 4.39. The number of phenols is 2. The molecule has 2 N–H and O–H groups in total. The molecular formula is C23H22O5. The Morgan fingerprint density at radius 3 is 1.68 bits per heavy atom. The van der Waals surface area contributed by atoms with Gasteiger partial charge in [0.15, 0.2) is 0 Å². The van der Waals surface area contributed by atoms with Gasteiger partial charge in [-0.2, -0.15) is 0 Å². The fourth-order valence-electron chi connectivity index (χ4n) is 3.77. The summed E-state index contributed by atoms with van der Waals surface area (Å²) in [5.74, 6) is 0.161. The van der Waals surface area contributed by atoms with Crippen molar-refractivity contribution in [2.75, 3.05) is 13.2 Å². The molecule has 4 rings (SSSR count). The number of hydrogen-bond acceptors (Lipinski definition) is 5. The van der Waals surface area contributed by atoms with Crippen LogP contribution in [0.5, 0.6) is 23.0 Å². The lowest BCUT2D eigenvalue weighted by Crippen LogP contribution is -2.17. The molecule has 0 saturated heterocycles. The fourth-order valence-corrected chi connectivity index (χ4v) is 3.77. The minimum absolute atomic E-state index is 0.0625. The zero-order chi connectivity index (χ0) is 19.8.